The molecule has 1 heterocycles. The molecule has 1 saturated heterocycles. The SMILES string of the molecule is CC(C)(C)CCNC(=O)[C@@H]1C[C@@H](F)CN1. The first-order valence-corrected chi connectivity index (χ1v) is 5.54. The van der Waals surface area contributed by atoms with Gasteiger partial charge in [0.25, 0.3) is 0 Å². The number of rotatable bonds is 3. The normalized spacial score (nSPS) is 26.7. The van der Waals surface area contributed by atoms with Crippen LogP contribution in [0.2, 0.25) is 0 Å². The standard InChI is InChI=1S/C11H21FN2O/c1-11(2,3)4-5-13-10(15)9-6-8(12)7-14-9/h8-9,14H,4-7H2,1-3H3,(H,13,15)/t8-,9+/m1/s1. The number of amides is 1. The van der Waals surface area contributed by atoms with E-state index in [2.05, 4.69) is 31.4 Å². The predicted molar refractivity (Wildman–Crippen MR) is 58.4 cm³/mol. The van der Waals surface area contributed by atoms with Gasteiger partial charge >= 0.3 is 0 Å². The molecule has 1 rings (SSSR count). The van der Waals surface area contributed by atoms with Crippen LogP contribution < -0.4 is 10.6 Å². The second kappa shape index (κ2) is 4.92. The number of hydrogen-bond acceptors (Lipinski definition) is 2. The minimum absolute atomic E-state index is 0.0700. The molecule has 0 radical (unpaired) electrons. The summed E-state index contributed by atoms with van der Waals surface area (Å²) in [5, 5.41) is 5.70. The summed E-state index contributed by atoms with van der Waals surface area (Å²) in [6.45, 7) is 7.36. The number of hydrogen-bond donors (Lipinski definition) is 2. The third kappa shape index (κ3) is 4.60. The van der Waals surface area contributed by atoms with Crippen molar-refractivity contribution in [3.63, 3.8) is 0 Å². The fourth-order valence-electron chi connectivity index (χ4n) is 1.58. The van der Waals surface area contributed by atoms with Gasteiger partial charge in [-0.25, -0.2) is 4.39 Å². The van der Waals surface area contributed by atoms with Crippen molar-refractivity contribution < 1.29 is 9.18 Å². The summed E-state index contributed by atoms with van der Waals surface area (Å²) in [5.41, 5.74) is 0.221. The Labute approximate surface area is 90.8 Å². The Balaban J connectivity index is 2.19. The van der Waals surface area contributed by atoms with E-state index in [0.717, 1.165) is 6.42 Å². The zero-order valence-electron chi connectivity index (χ0n) is 9.77. The minimum atomic E-state index is -0.872. The van der Waals surface area contributed by atoms with Crippen molar-refractivity contribution in [1.82, 2.24) is 10.6 Å². The average molecular weight is 216 g/mol. The fourth-order valence-corrected chi connectivity index (χ4v) is 1.58. The summed E-state index contributed by atoms with van der Waals surface area (Å²) in [6, 6.07) is -0.333. The van der Waals surface area contributed by atoms with Gasteiger partial charge in [0.1, 0.15) is 6.17 Å². The minimum Gasteiger partial charge on any atom is -0.355 e. The average Bonchev–Trinajstić information content (AvgIpc) is 2.49. The highest BCUT2D eigenvalue weighted by molar-refractivity contribution is 5.82. The van der Waals surface area contributed by atoms with Gasteiger partial charge in [-0.1, -0.05) is 20.8 Å². The van der Waals surface area contributed by atoms with Crippen molar-refractivity contribution in [1.29, 1.82) is 0 Å². The van der Waals surface area contributed by atoms with Crippen LogP contribution in [0.25, 0.3) is 0 Å². The van der Waals surface area contributed by atoms with Crippen LogP contribution in [0.3, 0.4) is 0 Å². The molecule has 3 nitrogen and oxygen atoms in total. The van der Waals surface area contributed by atoms with E-state index >= 15 is 0 Å². The van der Waals surface area contributed by atoms with Crippen LogP contribution in [-0.4, -0.2) is 31.2 Å². The Bertz CT molecular complexity index is 225. The van der Waals surface area contributed by atoms with E-state index in [1.54, 1.807) is 0 Å². The van der Waals surface area contributed by atoms with Gasteiger partial charge in [0.2, 0.25) is 5.91 Å². The molecule has 0 unspecified atom stereocenters. The van der Waals surface area contributed by atoms with Crippen molar-refractivity contribution >= 4 is 5.91 Å². The molecule has 4 heteroatoms. The first-order chi connectivity index (χ1) is 6.88. The molecule has 0 aromatic heterocycles. The molecule has 0 aromatic carbocycles. The zero-order chi connectivity index (χ0) is 11.5. The molecule has 1 amide bonds. The number of nitrogens with one attached hydrogen (secondary N) is 2. The molecular formula is C11H21FN2O. The summed E-state index contributed by atoms with van der Waals surface area (Å²) in [7, 11) is 0. The van der Waals surface area contributed by atoms with Gasteiger partial charge in [0.15, 0.2) is 0 Å². The second-order valence-corrected chi connectivity index (χ2v) is 5.40. The van der Waals surface area contributed by atoms with Crippen molar-refractivity contribution in [3.8, 4) is 0 Å². The first kappa shape index (κ1) is 12.4. The Kier molecular flexibility index (Phi) is 4.08. The molecule has 88 valence electrons. The smallest absolute Gasteiger partial charge is 0.237 e. The van der Waals surface area contributed by atoms with E-state index in [9.17, 15) is 9.18 Å². The Morgan fingerprint density at radius 3 is 2.67 bits per heavy atom. The van der Waals surface area contributed by atoms with E-state index in [4.69, 9.17) is 0 Å². The van der Waals surface area contributed by atoms with Crippen LogP contribution in [-0.2, 0) is 4.79 Å². The molecule has 15 heavy (non-hydrogen) atoms. The Morgan fingerprint density at radius 1 is 1.53 bits per heavy atom. The molecule has 0 spiro atoms. The lowest BCUT2D eigenvalue weighted by Crippen LogP contribution is -2.41. The molecule has 1 aliphatic heterocycles. The van der Waals surface area contributed by atoms with Crippen LogP contribution >= 0.6 is 0 Å². The first-order valence-electron chi connectivity index (χ1n) is 5.54. The number of alkyl halides is 1. The summed E-state index contributed by atoms with van der Waals surface area (Å²) >= 11 is 0. The molecular weight excluding hydrogens is 195 g/mol. The Morgan fingerprint density at radius 2 is 2.20 bits per heavy atom. The molecule has 0 bridgehead atoms. The van der Waals surface area contributed by atoms with E-state index in [0.29, 0.717) is 19.5 Å². The van der Waals surface area contributed by atoms with Crippen LogP contribution in [0.1, 0.15) is 33.6 Å². The monoisotopic (exact) mass is 216 g/mol. The second-order valence-electron chi connectivity index (χ2n) is 5.40. The lowest BCUT2D eigenvalue weighted by atomic mass is 9.92. The van der Waals surface area contributed by atoms with Crippen LogP contribution in [0.15, 0.2) is 0 Å². The van der Waals surface area contributed by atoms with Crippen molar-refractivity contribution in [3.05, 3.63) is 0 Å². The third-order valence-electron chi connectivity index (χ3n) is 2.57. The lowest BCUT2D eigenvalue weighted by Gasteiger charge is -2.19. The van der Waals surface area contributed by atoms with Gasteiger partial charge in [-0.2, -0.15) is 0 Å². The molecule has 1 aliphatic rings. The van der Waals surface area contributed by atoms with Gasteiger partial charge in [-0.05, 0) is 11.8 Å². The van der Waals surface area contributed by atoms with Crippen LogP contribution in [0.5, 0.6) is 0 Å². The van der Waals surface area contributed by atoms with Crippen molar-refractivity contribution in [2.24, 2.45) is 5.41 Å². The molecule has 0 aromatic rings. The predicted octanol–water partition coefficient (Wildman–Crippen LogP) is 1.24. The van der Waals surface area contributed by atoms with Gasteiger partial charge < -0.3 is 10.6 Å². The van der Waals surface area contributed by atoms with Crippen LogP contribution in [0, 0.1) is 5.41 Å². The van der Waals surface area contributed by atoms with E-state index in [-0.39, 0.29) is 17.4 Å². The number of carbonyl (C=O) groups excluding carboxylic acids is 1. The highest BCUT2D eigenvalue weighted by atomic mass is 19.1. The summed E-state index contributed by atoms with van der Waals surface area (Å²) in [5.74, 6) is -0.0700. The molecule has 2 N–H and O–H groups in total. The van der Waals surface area contributed by atoms with E-state index in [1.165, 1.54) is 0 Å². The summed E-state index contributed by atoms with van der Waals surface area (Å²) in [6.07, 6.45) is 0.370. The van der Waals surface area contributed by atoms with Gasteiger partial charge in [0, 0.05) is 19.5 Å². The Hall–Kier alpha value is -0.640. The molecule has 0 saturated carbocycles. The van der Waals surface area contributed by atoms with Crippen molar-refractivity contribution in [2.45, 2.75) is 45.8 Å². The van der Waals surface area contributed by atoms with Crippen molar-refractivity contribution in [2.75, 3.05) is 13.1 Å². The van der Waals surface area contributed by atoms with Gasteiger partial charge in [-0.15, -0.1) is 0 Å². The zero-order valence-corrected chi connectivity index (χ0v) is 9.77. The maximum absolute atomic E-state index is 12.8. The highest BCUT2D eigenvalue weighted by Gasteiger charge is 2.28. The van der Waals surface area contributed by atoms with Crippen LogP contribution in [0.4, 0.5) is 4.39 Å². The topological polar surface area (TPSA) is 41.1 Å². The fraction of sp³-hybridized carbons (Fsp3) is 0.909. The maximum atomic E-state index is 12.8. The quantitative estimate of drug-likeness (QED) is 0.745. The van der Waals surface area contributed by atoms with E-state index < -0.39 is 6.17 Å². The van der Waals surface area contributed by atoms with Gasteiger partial charge in [-0.3, -0.25) is 4.79 Å². The third-order valence-corrected chi connectivity index (χ3v) is 2.57. The molecule has 2 atom stereocenters. The largest absolute Gasteiger partial charge is 0.355 e. The molecule has 1 fully saturated rings. The summed E-state index contributed by atoms with van der Waals surface area (Å²) < 4.78 is 12.8. The van der Waals surface area contributed by atoms with E-state index in [1.807, 2.05) is 0 Å². The molecule has 0 aliphatic carbocycles. The highest BCUT2D eigenvalue weighted by Crippen LogP contribution is 2.17. The maximum Gasteiger partial charge on any atom is 0.237 e. The number of halogens is 1. The summed E-state index contributed by atoms with van der Waals surface area (Å²) in [4.78, 5) is 11.5. The van der Waals surface area contributed by atoms with Gasteiger partial charge in [0.05, 0.1) is 6.04 Å². The lowest BCUT2D eigenvalue weighted by molar-refractivity contribution is -0.122. The number of carbonyl (C=O) groups is 1.